The summed E-state index contributed by atoms with van der Waals surface area (Å²) in [6.07, 6.45) is 1.36. The highest BCUT2D eigenvalue weighted by Crippen LogP contribution is 2.26. The van der Waals surface area contributed by atoms with Crippen LogP contribution in [0.4, 0.5) is 5.69 Å². The Morgan fingerprint density at radius 1 is 1.65 bits per heavy atom. The Bertz CT molecular complexity index is 456. The van der Waals surface area contributed by atoms with Gasteiger partial charge in [0.2, 0.25) is 5.91 Å². The molecule has 0 aliphatic heterocycles. The Balaban J connectivity index is 2.77. The third kappa shape index (κ3) is 4.03. The standard InChI is InChI=1S/C12H12BrClN2O/c1-2-3-8(7-15)12(17)16-11-5-4-9(14)6-10(11)13/h4-6,8H,2-3H2,1H3,(H,16,17). The van der Waals surface area contributed by atoms with Gasteiger partial charge in [-0.2, -0.15) is 5.26 Å². The molecule has 1 unspecified atom stereocenters. The summed E-state index contributed by atoms with van der Waals surface area (Å²) in [5, 5.41) is 12.2. The molecule has 90 valence electrons. The second-order valence-electron chi connectivity index (χ2n) is 3.58. The van der Waals surface area contributed by atoms with Crippen LogP contribution in [0.25, 0.3) is 0 Å². The molecular weight excluding hydrogens is 304 g/mol. The lowest BCUT2D eigenvalue weighted by molar-refractivity contribution is -0.118. The molecule has 0 aliphatic carbocycles. The first-order chi connectivity index (χ1) is 8.08. The largest absolute Gasteiger partial charge is 0.324 e. The number of hydrogen-bond acceptors (Lipinski definition) is 2. The van der Waals surface area contributed by atoms with Crippen molar-refractivity contribution in [1.29, 1.82) is 5.26 Å². The summed E-state index contributed by atoms with van der Waals surface area (Å²) in [4.78, 5) is 11.8. The lowest BCUT2D eigenvalue weighted by atomic mass is 10.0. The predicted molar refractivity (Wildman–Crippen MR) is 71.8 cm³/mol. The van der Waals surface area contributed by atoms with Gasteiger partial charge in [0.25, 0.3) is 0 Å². The fourth-order valence-electron chi connectivity index (χ4n) is 1.35. The Morgan fingerprint density at radius 3 is 2.88 bits per heavy atom. The second-order valence-corrected chi connectivity index (χ2v) is 4.87. The molecule has 1 atom stereocenters. The van der Waals surface area contributed by atoms with E-state index in [0.717, 1.165) is 6.42 Å². The van der Waals surface area contributed by atoms with Crippen LogP contribution in [0.5, 0.6) is 0 Å². The number of halogens is 2. The van der Waals surface area contributed by atoms with Crippen molar-refractivity contribution in [3.8, 4) is 6.07 Å². The van der Waals surface area contributed by atoms with E-state index in [-0.39, 0.29) is 5.91 Å². The van der Waals surface area contributed by atoms with Crippen LogP contribution in [0.3, 0.4) is 0 Å². The number of anilines is 1. The number of nitrogens with one attached hydrogen (secondary N) is 1. The van der Waals surface area contributed by atoms with E-state index in [1.54, 1.807) is 18.2 Å². The Hall–Kier alpha value is -1.05. The van der Waals surface area contributed by atoms with E-state index < -0.39 is 5.92 Å². The average Bonchev–Trinajstić information content (AvgIpc) is 2.29. The summed E-state index contributed by atoms with van der Waals surface area (Å²) in [7, 11) is 0. The highest BCUT2D eigenvalue weighted by molar-refractivity contribution is 9.10. The smallest absolute Gasteiger partial charge is 0.241 e. The number of carbonyl (C=O) groups is 1. The quantitative estimate of drug-likeness (QED) is 0.913. The molecule has 1 aromatic rings. The number of benzene rings is 1. The normalized spacial score (nSPS) is 11.6. The predicted octanol–water partition coefficient (Wildman–Crippen LogP) is 3.98. The molecule has 0 radical (unpaired) electrons. The van der Waals surface area contributed by atoms with E-state index in [2.05, 4.69) is 21.2 Å². The molecule has 0 aliphatic rings. The van der Waals surface area contributed by atoms with Crippen LogP contribution < -0.4 is 5.32 Å². The van der Waals surface area contributed by atoms with Gasteiger partial charge in [-0.05, 0) is 40.5 Å². The number of nitrogens with zero attached hydrogens (tertiary/aromatic N) is 1. The molecule has 3 nitrogen and oxygen atoms in total. The van der Waals surface area contributed by atoms with Crippen LogP contribution in [0, 0.1) is 17.2 Å². The molecule has 1 amide bonds. The summed E-state index contributed by atoms with van der Waals surface area (Å²) in [6.45, 7) is 1.94. The number of nitriles is 1. The first-order valence-electron chi connectivity index (χ1n) is 5.24. The first-order valence-corrected chi connectivity index (χ1v) is 6.41. The average molecular weight is 316 g/mol. The molecule has 0 aromatic heterocycles. The third-order valence-corrected chi connectivity index (χ3v) is 3.13. The number of carbonyl (C=O) groups excluding carboxylic acids is 1. The minimum Gasteiger partial charge on any atom is -0.324 e. The molecule has 0 fully saturated rings. The van der Waals surface area contributed by atoms with E-state index in [1.165, 1.54) is 0 Å². The van der Waals surface area contributed by atoms with Gasteiger partial charge >= 0.3 is 0 Å². The van der Waals surface area contributed by atoms with E-state index in [1.807, 2.05) is 13.0 Å². The summed E-state index contributed by atoms with van der Waals surface area (Å²) in [6, 6.07) is 7.08. The van der Waals surface area contributed by atoms with Gasteiger partial charge in [0.15, 0.2) is 0 Å². The van der Waals surface area contributed by atoms with E-state index in [0.29, 0.717) is 21.6 Å². The van der Waals surface area contributed by atoms with Gasteiger partial charge in [-0.25, -0.2) is 0 Å². The summed E-state index contributed by atoms with van der Waals surface area (Å²) < 4.78 is 0.700. The van der Waals surface area contributed by atoms with Gasteiger partial charge in [0, 0.05) is 9.50 Å². The van der Waals surface area contributed by atoms with Gasteiger partial charge < -0.3 is 5.32 Å². The fourth-order valence-corrected chi connectivity index (χ4v) is 2.14. The molecule has 5 heteroatoms. The zero-order valence-corrected chi connectivity index (χ0v) is 11.7. The fraction of sp³-hybridized carbons (Fsp3) is 0.333. The monoisotopic (exact) mass is 314 g/mol. The first kappa shape index (κ1) is 14.0. The van der Waals surface area contributed by atoms with E-state index in [4.69, 9.17) is 16.9 Å². The van der Waals surface area contributed by atoms with Crippen LogP contribution in [-0.4, -0.2) is 5.91 Å². The van der Waals surface area contributed by atoms with Crippen molar-refractivity contribution in [3.63, 3.8) is 0 Å². The molecule has 17 heavy (non-hydrogen) atoms. The van der Waals surface area contributed by atoms with Crippen LogP contribution in [0.15, 0.2) is 22.7 Å². The zero-order valence-electron chi connectivity index (χ0n) is 9.34. The highest BCUT2D eigenvalue weighted by Gasteiger charge is 2.17. The molecule has 1 rings (SSSR count). The minimum atomic E-state index is -0.609. The van der Waals surface area contributed by atoms with Crippen LogP contribution in [0.2, 0.25) is 5.02 Å². The molecule has 0 saturated heterocycles. The van der Waals surface area contributed by atoms with Crippen molar-refractivity contribution in [2.24, 2.45) is 5.92 Å². The lowest BCUT2D eigenvalue weighted by Gasteiger charge is -2.10. The van der Waals surface area contributed by atoms with Gasteiger partial charge in [-0.1, -0.05) is 24.9 Å². The minimum absolute atomic E-state index is 0.280. The van der Waals surface area contributed by atoms with Gasteiger partial charge in [0.1, 0.15) is 5.92 Å². The number of amides is 1. The van der Waals surface area contributed by atoms with Gasteiger partial charge in [-0.15, -0.1) is 0 Å². The number of hydrogen-bond donors (Lipinski definition) is 1. The van der Waals surface area contributed by atoms with Crippen LogP contribution in [0.1, 0.15) is 19.8 Å². The van der Waals surface area contributed by atoms with Crippen molar-refractivity contribution in [2.75, 3.05) is 5.32 Å². The highest BCUT2D eigenvalue weighted by atomic mass is 79.9. The van der Waals surface area contributed by atoms with Crippen LogP contribution in [-0.2, 0) is 4.79 Å². The van der Waals surface area contributed by atoms with Gasteiger partial charge in [-0.3, -0.25) is 4.79 Å². The summed E-state index contributed by atoms with van der Waals surface area (Å²) in [5.74, 6) is -0.889. The van der Waals surface area contributed by atoms with Crippen molar-refractivity contribution < 1.29 is 4.79 Å². The number of rotatable bonds is 4. The summed E-state index contributed by atoms with van der Waals surface area (Å²) >= 11 is 9.10. The van der Waals surface area contributed by atoms with Crippen molar-refractivity contribution >= 4 is 39.1 Å². The zero-order chi connectivity index (χ0) is 12.8. The SMILES string of the molecule is CCCC(C#N)C(=O)Nc1ccc(Cl)cc1Br. The van der Waals surface area contributed by atoms with Crippen molar-refractivity contribution in [3.05, 3.63) is 27.7 Å². The Labute approximate surface area is 114 Å². The van der Waals surface area contributed by atoms with Crippen molar-refractivity contribution in [1.82, 2.24) is 0 Å². The molecule has 0 heterocycles. The maximum absolute atomic E-state index is 11.8. The molecule has 0 spiro atoms. The molecule has 1 N–H and O–H groups in total. The molecule has 1 aromatic carbocycles. The second kappa shape index (κ2) is 6.63. The van der Waals surface area contributed by atoms with E-state index >= 15 is 0 Å². The van der Waals surface area contributed by atoms with Crippen LogP contribution >= 0.6 is 27.5 Å². The molecule has 0 saturated carbocycles. The van der Waals surface area contributed by atoms with E-state index in [9.17, 15) is 4.79 Å². The maximum atomic E-state index is 11.8. The van der Waals surface area contributed by atoms with Crippen molar-refractivity contribution in [2.45, 2.75) is 19.8 Å². The maximum Gasteiger partial charge on any atom is 0.241 e. The molecular formula is C12H12BrClN2O. The Morgan fingerprint density at radius 2 is 2.35 bits per heavy atom. The Kier molecular flexibility index (Phi) is 5.46. The third-order valence-electron chi connectivity index (χ3n) is 2.24. The summed E-state index contributed by atoms with van der Waals surface area (Å²) in [5.41, 5.74) is 0.621. The topological polar surface area (TPSA) is 52.9 Å². The molecule has 0 bridgehead atoms. The van der Waals surface area contributed by atoms with Gasteiger partial charge in [0.05, 0.1) is 11.8 Å². The lowest BCUT2D eigenvalue weighted by Crippen LogP contribution is -2.21.